The Morgan fingerprint density at radius 3 is 2.74 bits per heavy atom. The van der Waals surface area contributed by atoms with Gasteiger partial charge in [0.2, 0.25) is 0 Å². The molecule has 4 rings (SSSR count). The predicted molar refractivity (Wildman–Crippen MR) is 135 cm³/mol. The Morgan fingerprint density at radius 1 is 1.24 bits per heavy atom. The van der Waals surface area contributed by atoms with Crippen molar-refractivity contribution in [3.05, 3.63) is 44.7 Å². The number of unbranched alkanes of at least 4 members (excludes halogenated alkanes) is 2. The van der Waals surface area contributed by atoms with Crippen molar-refractivity contribution in [1.82, 2.24) is 14.3 Å². The average Bonchev–Trinajstić information content (AvgIpc) is 3.08. The lowest BCUT2D eigenvalue weighted by molar-refractivity contribution is -0.137. The van der Waals surface area contributed by atoms with Crippen LogP contribution in [0, 0.1) is 6.92 Å². The van der Waals surface area contributed by atoms with E-state index in [1.807, 2.05) is 24.0 Å². The first-order valence-corrected chi connectivity index (χ1v) is 12.4. The van der Waals surface area contributed by atoms with Crippen molar-refractivity contribution < 1.29 is 19.4 Å². The van der Waals surface area contributed by atoms with Gasteiger partial charge >= 0.3 is 5.97 Å². The molecule has 11 heteroatoms. The molecule has 0 saturated carbocycles. The number of anilines is 1. The molecule has 0 unspecified atom stereocenters. The van der Waals surface area contributed by atoms with Gasteiger partial charge < -0.3 is 14.7 Å². The molecule has 0 atom stereocenters. The van der Waals surface area contributed by atoms with Crippen LogP contribution in [0.4, 0.5) is 5.82 Å². The standard InChI is InChI=1S/C23H26N4O5S2/c1-15-6-7-18-24-20(25-9-11-32-12-10-25)16(21(30)27(18)14-15)13-17-22(31)26(23(33)34-17)8-4-2-3-5-19(28)29/h6-7,13-14H,2-5,8-12H2,1H3,(H,28,29). The molecule has 1 N–H and O–H groups in total. The van der Waals surface area contributed by atoms with E-state index in [-0.39, 0.29) is 17.9 Å². The molecule has 0 aliphatic carbocycles. The quantitative estimate of drug-likeness (QED) is 0.331. The molecule has 0 spiro atoms. The summed E-state index contributed by atoms with van der Waals surface area (Å²) in [4.78, 5) is 46.0. The molecule has 2 aliphatic rings. The lowest BCUT2D eigenvalue weighted by atomic mass is 10.2. The third kappa shape index (κ3) is 5.31. The maximum Gasteiger partial charge on any atom is 0.303 e. The van der Waals surface area contributed by atoms with Gasteiger partial charge in [-0.1, -0.05) is 36.5 Å². The number of aryl methyl sites for hydroxylation is 1. The minimum absolute atomic E-state index is 0.112. The van der Waals surface area contributed by atoms with Crippen LogP contribution in [-0.2, 0) is 14.3 Å². The Morgan fingerprint density at radius 2 is 2.00 bits per heavy atom. The summed E-state index contributed by atoms with van der Waals surface area (Å²) in [5.41, 5.74) is 1.58. The molecule has 2 aromatic heterocycles. The highest BCUT2D eigenvalue weighted by Crippen LogP contribution is 2.34. The number of hydrogen-bond acceptors (Lipinski definition) is 8. The molecule has 2 saturated heterocycles. The molecular formula is C23H26N4O5S2. The molecule has 0 radical (unpaired) electrons. The average molecular weight is 503 g/mol. The van der Waals surface area contributed by atoms with Gasteiger partial charge in [0.05, 0.1) is 23.7 Å². The monoisotopic (exact) mass is 502 g/mol. The second kappa shape index (κ2) is 10.7. The van der Waals surface area contributed by atoms with Gasteiger partial charge in [0.1, 0.15) is 15.8 Å². The third-order valence-electron chi connectivity index (χ3n) is 5.72. The maximum absolute atomic E-state index is 13.5. The topological polar surface area (TPSA) is 104 Å². The Hall–Kier alpha value is -2.76. The number of carboxylic acid groups (broad SMARTS) is 1. The van der Waals surface area contributed by atoms with Gasteiger partial charge in [-0.05, 0) is 37.5 Å². The molecule has 34 heavy (non-hydrogen) atoms. The fourth-order valence-corrected chi connectivity index (χ4v) is 5.23. The van der Waals surface area contributed by atoms with Gasteiger partial charge in [-0.25, -0.2) is 4.98 Å². The number of carboxylic acids is 1. The summed E-state index contributed by atoms with van der Waals surface area (Å²) in [6.07, 6.45) is 5.37. The first-order chi connectivity index (χ1) is 16.3. The largest absolute Gasteiger partial charge is 0.481 e. The molecule has 2 aromatic rings. The van der Waals surface area contributed by atoms with Gasteiger partial charge in [-0.2, -0.15) is 0 Å². The minimum Gasteiger partial charge on any atom is -0.481 e. The van der Waals surface area contributed by atoms with Crippen LogP contribution < -0.4 is 10.5 Å². The molecule has 9 nitrogen and oxygen atoms in total. The van der Waals surface area contributed by atoms with Crippen LogP contribution in [-0.4, -0.2) is 68.4 Å². The Bertz CT molecular complexity index is 1220. The van der Waals surface area contributed by atoms with Crippen LogP contribution in [0.25, 0.3) is 11.7 Å². The summed E-state index contributed by atoms with van der Waals surface area (Å²) < 4.78 is 7.40. The van der Waals surface area contributed by atoms with Crippen LogP contribution >= 0.6 is 24.0 Å². The molecule has 1 amide bonds. The predicted octanol–water partition coefficient (Wildman–Crippen LogP) is 2.69. The number of aromatic nitrogens is 2. The van der Waals surface area contributed by atoms with Crippen LogP contribution in [0.15, 0.2) is 28.0 Å². The summed E-state index contributed by atoms with van der Waals surface area (Å²) in [6.45, 7) is 4.62. The zero-order valence-electron chi connectivity index (χ0n) is 18.9. The number of ether oxygens (including phenoxy) is 1. The van der Waals surface area contributed by atoms with Gasteiger partial charge in [0, 0.05) is 32.3 Å². The van der Waals surface area contributed by atoms with E-state index in [4.69, 9.17) is 27.0 Å². The molecule has 4 heterocycles. The van der Waals surface area contributed by atoms with Crippen molar-refractivity contribution in [2.75, 3.05) is 37.7 Å². The summed E-state index contributed by atoms with van der Waals surface area (Å²) in [6, 6.07) is 3.72. The summed E-state index contributed by atoms with van der Waals surface area (Å²) in [5, 5.41) is 8.76. The number of thiocarbonyl (C=S) groups is 1. The number of aliphatic carboxylic acids is 1. The fraction of sp³-hybridized carbons (Fsp3) is 0.435. The van der Waals surface area contributed by atoms with Crippen molar-refractivity contribution in [3.8, 4) is 0 Å². The van der Waals surface area contributed by atoms with E-state index in [0.717, 1.165) is 5.56 Å². The van der Waals surface area contributed by atoms with Crippen molar-refractivity contribution in [2.45, 2.75) is 32.6 Å². The molecule has 2 fully saturated rings. The zero-order valence-corrected chi connectivity index (χ0v) is 20.5. The van der Waals surface area contributed by atoms with E-state index in [1.165, 1.54) is 21.1 Å². The lowest BCUT2D eigenvalue weighted by Gasteiger charge is -2.29. The van der Waals surface area contributed by atoms with E-state index < -0.39 is 5.97 Å². The number of amides is 1. The maximum atomic E-state index is 13.5. The van der Waals surface area contributed by atoms with Gasteiger partial charge in [0.25, 0.3) is 11.5 Å². The van der Waals surface area contributed by atoms with Gasteiger partial charge in [-0.3, -0.25) is 23.7 Å². The molecule has 2 aliphatic heterocycles. The normalized spacial score (nSPS) is 17.9. The Balaban J connectivity index is 1.64. The first-order valence-electron chi connectivity index (χ1n) is 11.2. The highest BCUT2D eigenvalue weighted by atomic mass is 32.2. The van der Waals surface area contributed by atoms with Gasteiger partial charge in [0.15, 0.2) is 0 Å². The molecule has 180 valence electrons. The van der Waals surface area contributed by atoms with Crippen molar-refractivity contribution in [3.63, 3.8) is 0 Å². The number of pyridine rings is 1. The highest BCUT2D eigenvalue weighted by molar-refractivity contribution is 8.26. The van der Waals surface area contributed by atoms with E-state index in [2.05, 4.69) is 0 Å². The number of fused-ring (bicyclic) bond motifs is 1. The smallest absolute Gasteiger partial charge is 0.303 e. The highest BCUT2D eigenvalue weighted by Gasteiger charge is 2.32. The minimum atomic E-state index is -0.824. The first kappa shape index (κ1) is 24.4. The van der Waals surface area contributed by atoms with E-state index in [1.54, 1.807) is 12.3 Å². The number of hydrogen-bond donors (Lipinski definition) is 1. The summed E-state index contributed by atoms with van der Waals surface area (Å²) in [5.74, 6) is -0.527. The Kier molecular flexibility index (Phi) is 7.64. The van der Waals surface area contributed by atoms with Crippen molar-refractivity contribution in [2.24, 2.45) is 0 Å². The van der Waals surface area contributed by atoms with E-state index in [9.17, 15) is 14.4 Å². The van der Waals surface area contributed by atoms with Crippen LogP contribution in [0.1, 0.15) is 36.8 Å². The number of nitrogens with zero attached hydrogens (tertiary/aromatic N) is 4. The molecule has 0 bridgehead atoms. The SMILES string of the molecule is Cc1ccc2nc(N3CCOCC3)c(C=C3SC(=S)N(CCCCCC(=O)O)C3=O)c(=O)n2c1. The fourth-order valence-electron chi connectivity index (χ4n) is 3.94. The number of morpholine rings is 1. The van der Waals surface area contributed by atoms with Crippen LogP contribution in [0.3, 0.4) is 0 Å². The summed E-state index contributed by atoms with van der Waals surface area (Å²) >= 11 is 6.60. The number of rotatable bonds is 8. The molecular weight excluding hydrogens is 476 g/mol. The van der Waals surface area contributed by atoms with Crippen LogP contribution in [0.2, 0.25) is 0 Å². The van der Waals surface area contributed by atoms with Crippen molar-refractivity contribution in [1.29, 1.82) is 0 Å². The van der Waals surface area contributed by atoms with Crippen LogP contribution in [0.5, 0.6) is 0 Å². The van der Waals surface area contributed by atoms with Gasteiger partial charge in [-0.15, -0.1) is 0 Å². The zero-order chi connectivity index (χ0) is 24.2. The number of carbonyl (C=O) groups is 2. The summed E-state index contributed by atoms with van der Waals surface area (Å²) in [7, 11) is 0. The number of thioether (sulfide) groups is 1. The van der Waals surface area contributed by atoms with Crippen molar-refractivity contribution >= 4 is 57.7 Å². The van der Waals surface area contributed by atoms with E-state index >= 15 is 0 Å². The second-order valence-corrected chi connectivity index (χ2v) is 9.90. The Labute approximate surface area is 206 Å². The number of carbonyl (C=O) groups excluding carboxylic acids is 1. The third-order valence-corrected chi connectivity index (χ3v) is 7.10. The van der Waals surface area contributed by atoms with E-state index in [0.29, 0.717) is 78.4 Å². The molecule has 0 aromatic carbocycles. The lowest BCUT2D eigenvalue weighted by Crippen LogP contribution is -2.38. The second-order valence-electron chi connectivity index (χ2n) is 8.23.